The third-order valence-corrected chi connectivity index (χ3v) is 4.28. The molecule has 10 nitrogen and oxygen atoms in total. The molecule has 10 heteroatoms. The molecule has 0 unspecified atom stereocenters. The summed E-state index contributed by atoms with van der Waals surface area (Å²) in [6.07, 6.45) is 1.32. The molecule has 0 saturated carbocycles. The summed E-state index contributed by atoms with van der Waals surface area (Å²) in [5, 5.41) is 6.60. The van der Waals surface area contributed by atoms with Crippen LogP contribution in [0.5, 0.6) is 0 Å². The average molecular weight is 397 g/mol. The zero-order chi connectivity index (χ0) is 21.0. The van der Waals surface area contributed by atoms with Gasteiger partial charge in [-0.2, -0.15) is 10.1 Å². The summed E-state index contributed by atoms with van der Waals surface area (Å²) in [5.74, 6) is -1.30. The van der Waals surface area contributed by atoms with Crippen molar-refractivity contribution >= 4 is 29.3 Å². The summed E-state index contributed by atoms with van der Waals surface area (Å²) < 4.78 is 11.3. The van der Waals surface area contributed by atoms with Crippen molar-refractivity contribution < 1.29 is 23.9 Å². The van der Waals surface area contributed by atoms with Crippen molar-refractivity contribution in [1.82, 2.24) is 19.6 Å². The molecule has 0 fully saturated rings. The summed E-state index contributed by atoms with van der Waals surface area (Å²) in [7, 11) is 1.25. The van der Waals surface area contributed by atoms with Gasteiger partial charge in [0, 0.05) is 17.0 Å². The Hall–Kier alpha value is -3.82. The molecule has 150 valence electrons. The van der Waals surface area contributed by atoms with Crippen molar-refractivity contribution in [1.29, 1.82) is 0 Å². The van der Waals surface area contributed by atoms with Gasteiger partial charge in [0.25, 0.3) is 11.7 Å². The average Bonchev–Trinajstić information content (AvgIpc) is 3.18. The fourth-order valence-corrected chi connectivity index (χ4v) is 2.82. The number of nitrogens with one attached hydrogen (secondary N) is 1. The number of methoxy groups -OCH3 is 1. The second-order valence-corrected chi connectivity index (χ2v) is 6.16. The molecule has 0 spiro atoms. The number of esters is 2. The zero-order valence-electron chi connectivity index (χ0n) is 16.1. The lowest BCUT2D eigenvalue weighted by atomic mass is 10.1. The molecular formula is C19H19N5O5. The Morgan fingerprint density at radius 1 is 1.17 bits per heavy atom. The highest BCUT2D eigenvalue weighted by Gasteiger charge is 2.17. The SMILES string of the molecule is COC(=O)c1ccccc1NC(=O)COC(=O)Cc1c(C)nc2ncnn2c1C. The summed E-state index contributed by atoms with van der Waals surface area (Å²) in [5.41, 5.74) is 2.49. The standard InChI is InChI=1S/C19H19N5O5/c1-11-14(12(2)24-19(22-11)20-10-21-24)8-17(26)29-9-16(25)23-15-7-5-4-6-13(15)18(27)28-3/h4-7,10H,8-9H2,1-3H3,(H,23,25). The molecular weight excluding hydrogens is 378 g/mol. The fourth-order valence-electron chi connectivity index (χ4n) is 2.82. The van der Waals surface area contributed by atoms with E-state index in [1.807, 2.05) is 0 Å². The maximum Gasteiger partial charge on any atom is 0.339 e. The van der Waals surface area contributed by atoms with Crippen LogP contribution in [0.1, 0.15) is 27.3 Å². The number of carbonyl (C=O) groups is 3. The van der Waals surface area contributed by atoms with Crippen molar-refractivity contribution in [2.24, 2.45) is 0 Å². The smallest absolute Gasteiger partial charge is 0.339 e. The van der Waals surface area contributed by atoms with E-state index in [-0.39, 0.29) is 17.7 Å². The van der Waals surface area contributed by atoms with Crippen LogP contribution in [0.4, 0.5) is 5.69 Å². The van der Waals surface area contributed by atoms with Crippen LogP contribution < -0.4 is 5.32 Å². The van der Waals surface area contributed by atoms with E-state index in [9.17, 15) is 14.4 Å². The van der Waals surface area contributed by atoms with Gasteiger partial charge in [-0.3, -0.25) is 9.59 Å². The van der Waals surface area contributed by atoms with Crippen LogP contribution in [0.25, 0.3) is 5.78 Å². The highest BCUT2D eigenvalue weighted by molar-refractivity contribution is 6.01. The van der Waals surface area contributed by atoms with Crippen molar-refractivity contribution in [2.45, 2.75) is 20.3 Å². The molecule has 1 N–H and O–H groups in total. The Morgan fingerprint density at radius 3 is 2.69 bits per heavy atom. The molecule has 0 aliphatic rings. The van der Waals surface area contributed by atoms with Crippen LogP contribution in [0.3, 0.4) is 0 Å². The highest BCUT2D eigenvalue weighted by Crippen LogP contribution is 2.16. The number of hydrogen-bond donors (Lipinski definition) is 1. The Balaban J connectivity index is 1.62. The van der Waals surface area contributed by atoms with Gasteiger partial charge in [0.2, 0.25) is 0 Å². The first-order valence-corrected chi connectivity index (χ1v) is 8.69. The van der Waals surface area contributed by atoms with E-state index in [1.165, 1.54) is 24.0 Å². The quantitative estimate of drug-likeness (QED) is 0.616. The Kier molecular flexibility index (Phi) is 5.82. The monoisotopic (exact) mass is 397 g/mol. The molecule has 0 bridgehead atoms. The second kappa shape index (κ2) is 8.46. The minimum absolute atomic E-state index is 0.0630. The Bertz CT molecular complexity index is 1090. The van der Waals surface area contributed by atoms with Gasteiger partial charge in [-0.15, -0.1) is 0 Å². The molecule has 1 aromatic carbocycles. The van der Waals surface area contributed by atoms with Gasteiger partial charge < -0.3 is 14.8 Å². The van der Waals surface area contributed by atoms with E-state index in [0.717, 1.165) is 5.69 Å². The molecule has 29 heavy (non-hydrogen) atoms. The highest BCUT2D eigenvalue weighted by atomic mass is 16.5. The number of hydrogen-bond acceptors (Lipinski definition) is 8. The number of carbonyl (C=O) groups excluding carboxylic acids is 3. The molecule has 3 rings (SSSR count). The van der Waals surface area contributed by atoms with Crippen LogP contribution in [-0.2, 0) is 25.5 Å². The first kappa shape index (κ1) is 19.9. The largest absolute Gasteiger partial charge is 0.465 e. The maximum absolute atomic E-state index is 12.2. The lowest BCUT2D eigenvalue weighted by Gasteiger charge is -2.11. The topological polar surface area (TPSA) is 125 Å². The molecule has 0 aliphatic heterocycles. The summed E-state index contributed by atoms with van der Waals surface area (Å²) in [4.78, 5) is 44.4. The maximum atomic E-state index is 12.2. The number of aromatic nitrogens is 4. The first-order chi connectivity index (χ1) is 13.9. The zero-order valence-corrected chi connectivity index (χ0v) is 16.1. The predicted octanol–water partition coefficient (Wildman–Crippen LogP) is 1.25. The number of amides is 1. The molecule has 0 radical (unpaired) electrons. The molecule has 0 aliphatic carbocycles. The van der Waals surface area contributed by atoms with E-state index in [4.69, 9.17) is 4.74 Å². The molecule has 0 atom stereocenters. The molecule has 2 heterocycles. The third-order valence-electron chi connectivity index (χ3n) is 4.28. The van der Waals surface area contributed by atoms with Gasteiger partial charge in [-0.05, 0) is 26.0 Å². The van der Waals surface area contributed by atoms with E-state index < -0.39 is 24.5 Å². The number of nitrogens with zero attached hydrogens (tertiary/aromatic N) is 4. The first-order valence-electron chi connectivity index (χ1n) is 8.69. The normalized spacial score (nSPS) is 10.6. The van der Waals surface area contributed by atoms with Crippen LogP contribution in [0.2, 0.25) is 0 Å². The number of ether oxygens (including phenoxy) is 2. The Morgan fingerprint density at radius 2 is 1.93 bits per heavy atom. The van der Waals surface area contributed by atoms with Gasteiger partial charge in [0.1, 0.15) is 6.33 Å². The number of para-hydroxylation sites is 1. The van der Waals surface area contributed by atoms with Crippen molar-refractivity contribution in [3.63, 3.8) is 0 Å². The van der Waals surface area contributed by atoms with E-state index in [2.05, 4.69) is 25.1 Å². The van der Waals surface area contributed by atoms with Crippen molar-refractivity contribution in [3.8, 4) is 0 Å². The lowest BCUT2D eigenvalue weighted by molar-refractivity contribution is -0.146. The van der Waals surface area contributed by atoms with Gasteiger partial charge in [0.05, 0.1) is 24.8 Å². The van der Waals surface area contributed by atoms with Crippen LogP contribution in [0, 0.1) is 13.8 Å². The Labute approximate surface area is 165 Å². The second-order valence-electron chi connectivity index (χ2n) is 6.16. The fraction of sp³-hybridized carbons (Fsp3) is 0.263. The van der Waals surface area contributed by atoms with E-state index in [0.29, 0.717) is 17.0 Å². The summed E-state index contributed by atoms with van der Waals surface area (Å²) >= 11 is 0. The van der Waals surface area contributed by atoms with Crippen LogP contribution in [0.15, 0.2) is 30.6 Å². The van der Waals surface area contributed by atoms with E-state index in [1.54, 1.807) is 32.0 Å². The third kappa shape index (κ3) is 4.37. The number of benzene rings is 1. The number of fused-ring (bicyclic) bond motifs is 1. The number of rotatable bonds is 6. The van der Waals surface area contributed by atoms with Gasteiger partial charge in [-0.25, -0.2) is 14.3 Å². The number of aryl methyl sites for hydroxylation is 2. The molecule has 1 amide bonds. The van der Waals surface area contributed by atoms with Crippen molar-refractivity contribution in [2.75, 3.05) is 19.0 Å². The number of anilines is 1. The molecule has 2 aromatic heterocycles. The minimum atomic E-state index is -0.589. The minimum Gasteiger partial charge on any atom is -0.465 e. The van der Waals surface area contributed by atoms with Gasteiger partial charge in [-0.1, -0.05) is 12.1 Å². The predicted molar refractivity (Wildman–Crippen MR) is 101 cm³/mol. The summed E-state index contributed by atoms with van der Waals surface area (Å²) in [6.45, 7) is 3.07. The van der Waals surface area contributed by atoms with Gasteiger partial charge in [0.15, 0.2) is 6.61 Å². The summed E-state index contributed by atoms with van der Waals surface area (Å²) in [6, 6.07) is 6.38. The van der Waals surface area contributed by atoms with Crippen LogP contribution in [-0.4, -0.2) is 51.1 Å². The van der Waals surface area contributed by atoms with Gasteiger partial charge >= 0.3 is 11.9 Å². The van der Waals surface area contributed by atoms with E-state index >= 15 is 0 Å². The molecule has 3 aromatic rings. The molecule has 0 saturated heterocycles. The van der Waals surface area contributed by atoms with Crippen molar-refractivity contribution in [3.05, 3.63) is 53.1 Å². The lowest BCUT2D eigenvalue weighted by Crippen LogP contribution is -2.23. The van der Waals surface area contributed by atoms with Crippen LogP contribution >= 0.6 is 0 Å².